The van der Waals surface area contributed by atoms with E-state index >= 15 is 0 Å². The Hall–Kier alpha value is -2.08. The van der Waals surface area contributed by atoms with Crippen LogP contribution in [0.25, 0.3) is 0 Å². The van der Waals surface area contributed by atoms with Crippen LogP contribution in [0.4, 0.5) is 0 Å². The summed E-state index contributed by atoms with van der Waals surface area (Å²) in [5.41, 5.74) is 1.08. The van der Waals surface area contributed by atoms with Crippen LogP contribution in [0, 0.1) is 6.92 Å². The van der Waals surface area contributed by atoms with Gasteiger partial charge in [-0.2, -0.15) is 0 Å². The summed E-state index contributed by atoms with van der Waals surface area (Å²) >= 11 is 0. The second-order valence-electron chi connectivity index (χ2n) is 5.37. The monoisotopic (exact) mass is 292 g/mol. The molecule has 1 fully saturated rings. The number of aromatic hydroxyl groups is 1. The second-order valence-corrected chi connectivity index (χ2v) is 5.37. The van der Waals surface area contributed by atoms with Crippen LogP contribution in [0.5, 0.6) is 5.75 Å². The van der Waals surface area contributed by atoms with Gasteiger partial charge in [-0.1, -0.05) is 6.07 Å². The summed E-state index contributed by atoms with van der Waals surface area (Å²) in [5.74, 6) is -0.298. The molecule has 2 rings (SSSR count). The molecule has 0 aliphatic carbocycles. The normalized spacial score (nSPS) is 19.3. The lowest BCUT2D eigenvalue weighted by atomic mass is 10.1. The number of phenolic OH excluding ortho intramolecular Hbond substituents is 1. The predicted octanol–water partition coefficient (Wildman–Crippen LogP) is 0.366. The number of amides is 2. The number of aryl methyl sites for hydroxylation is 1. The maximum Gasteiger partial charge on any atom is 0.254 e. The molecule has 0 radical (unpaired) electrons. The predicted molar refractivity (Wildman–Crippen MR) is 77.0 cm³/mol. The van der Waals surface area contributed by atoms with Crippen LogP contribution in [-0.2, 0) is 4.79 Å². The second kappa shape index (κ2) is 6.13. The SMILES string of the molecule is CC(=O)N1CCN(C(=O)c2ccc(C)c(O)c2)C[C@@H](O)C1. The lowest BCUT2D eigenvalue weighted by molar-refractivity contribution is -0.129. The lowest BCUT2D eigenvalue weighted by Crippen LogP contribution is -2.37. The zero-order chi connectivity index (χ0) is 15.6. The van der Waals surface area contributed by atoms with Crippen LogP contribution < -0.4 is 0 Å². The number of phenols is 1. The van der Waals surface area contributed by atoms with E-state index in [1.807, 2.05) is 0 Å². The van der Waals surface area contributed by atoms with E-state index in [0.29, 0.717) is 24.2 Å². The van der Waals surface area contributed by atoms with E-state index in [4.69, 9.17) is 0 Å². The van der Waals surface area contributed by atoms with Gasteiger partial charge >= 0.3 is 0 Å². The maximum absolute atomic E-state index is 12.4. The summed E-state index contributed by atoms with van der Waals surface area (Å²) in [6, 6.07) is 4.76. The number of benzene rings is 1. The van der Waals surface area contributed by atoms with E-state index in [2.05, 4.69) is 0 Å². The van der Waals surface area contributed by atoms with Crippen molar-refractivity contribution in [1.29, 1.82) is 0 Å². The summed E-state index contributed by atoms with van der Waals surface area (Å²) < 4.78 is 0. The maximum atomic E-state index is 12.4. The summed E-state index contributed by atoms with van der Waals surface area (Å²) in [6.07, 6.45) is -0.764. The van der Waals surface area contributed by atoms with Crippen LogP contribution >= 0.6 is 0 Å². The van der Waals surface area contributed by atoms with Crippen molar-refractivity contribution in [2.45, 2.75) is 20.0 Å². The van der Waals surface area contributed by atoms with Gasteiger partial charge in [0.05, 0.1) is 6.10 Å². The molecule has 1 aromatic carbocycles. The molecule has 1 heterocycles. The first-order valence-corrected chi connectivity index (χ1v) is 6.91. The highest BCUT2D eigenvalue weighted by Crippen LogP contribution is 2.19. The fourth-order valence-electron chi connectivity index (χ4n) is 2.39. The van der Waals surface area contributed by atoms with E-state index in [1.54, 1.807) is 19.1 Å². The van der Waals surface area contributed by atoms with Crippen LogP contribution in [0.15, 0.2) is 18.2 Å². The Kier molecular flexibility index (Phi) is 4.47. The zero-order valence-corrected chi connectivity index (χ0v) is 12.2. The Balaban J connectivity index is 2.15. The minimum Gasteiger partial charge on any atom is -0.508 e. The molecule has 6 nitrogen and oxygen atoms in total. The number of aliphatic hydroxyl groups excluding tert-OH is 1. The standard InChI is InChI=1S/C15H20N2O4/c1-10-3-4-12(7-14(10)20)15(21)17-6-5-16(11(2)18)8-13(19)9-17/h3-4,7,13,19-20H,5-6,8-9H2,1-2H3/t13-/m0/s1. The summed E-state index contributed by atoms with van der Waals surface area (Å²) in [7, 11) is 0. The molecular weight excluding hydrogens is 272 g/mol. The Morgan fingerprint density at radius 1 is 1.19 bits per heavy atom. The molecule has 6 heteroatoms. The molecule has 1 aliphatic heterocycles. The first-order valence-electron chi connectivity index (χ1n) is 6.91. The van der Waals surface area contributed by atoms with Crippen molar-refractivity contribution in [3.63, 3.8) is 0 Å². The quantitative estimate of drug-likeness (QED) is 0.783. The molecule has 1 atom stereocenters. The van der Waals surface area contributed by atoms with Gasteiger partial charge in [0.15, 0.2) is 0 Å². The first-order chi connectivity index (χ1) is 9.88. The smallest absolute Gasteiger partial charge is 0.254 e. The van der Waals surface area contributed by atoms with Crippen molar-refractivity contribution in [3.8, 4) is 5.75 Å². The Labute approximate surface area is 123 Å². The van der Waals surface area contributed by atoms with Crippen molar-refractivity contribution in [2.75, 3.05) is 26.2 Å². The molecule has 2 amide bonds. The molecule has 0 spiro atoms. The lowest BCUT2D eigenvalue weighted by Gasteiger charge is -2.21. The van der Waals surface area contributed by atoms with Gasteiger partial charge in [0.2, 0.25) is 5.91 Å². The van der Waals surface area contributed by atoms with Crippen LogP contribution in [-0.4, -0.2) is 64.1 Å². The molecule has 0 aromatic heterocycles. The number of nitrogens with zero attached hydrogens (tertiary/aromatic N) is 2. The average molecular weight is 292 g/mol. The van der Waals surface area contributed by atoms with Crippen LogP contribution in [0.1, 0.15) is 22.8 Å². The third kappa shape index (κ3) is 3.52. The van der Waals surface area contributed by atoms with Gasteiger partial charge in [-0.05, 0) is 24.6 Å². The number of rotatable bonds is 1. The van der Waals surface area contributed by atoms with Gasteiger partial charge in [-0.25, -0.2) is 0 Å². The first kappa shape index (κ1) is 15.3. The van der Waals surface area contributed by atoms with Crippen molar-refractivity contribution >= 4 is 11.8 Å². The zero-order valence-electron chi connectivity index (χ0n) is 12.2. The van der Waals surface area contributed by atoms with E-state index in [0.717, 1.165) is 0 Å². The molecule has 1 saturated heterocycles. The average Bonchev–Trinajstić information content (AvgIpc) is 2.63. The Morgan fingerprint density at radius 2 is 1.81 bits per heavy atom. The third-order valence-electron chi connectivity index (χ3n) is 3.69. The van der Waals surface area contributed by atoms with Crippen LogP contribution in [0.2, 0.25) is 0 Å². The number of aliphatic hydroxyl groups is 1. The van der Waals surface area contributed by atoms with E-state index in [1.165, 1.54) is 22.8 Å². The number of hydrogen-bond acceptors (Lipinski definition) is 4. The fraction of sp³-hybridized carbons (Fsp3) is 0.467. The Bertz CT molecular complexity index is 559. The van der Waals surface area contributed by atoms with Gasteiger partial charge in [0.1, 0.15) is 5.75 Å². The molecule has 0 unspecified atom stereocenters. The van der Waals surface area contributed by atoms with Gasteiger partial charge < -0.3 is 20.0 Å². The van der Waals surface area contributed by atoms with E-state index < -0.39 is 6.10 Å². The van der Waals surface area contributed by atoms with Crippen molar-refractivity contribution in [3.05, 3.63) is 29.3 Å². The Morgan fingerprint density at radius 3 is 2.43 bits per heavy atom. The van der Waals surface area contributed by atoms with E-state index in [9.17, 15) is 19.8 Å². The molecule has 0 saturated carbocycles. The van der Waals surface area contributed by atoms with Crippen molar-refractivity contribution in [1.82, 2.24) is 9.80 Å². The van der Waals surface area contributed by atoms with Crippen LogP contribution in [0.3, 0.4) is 0 Å². The minimum atomic E-state index is -0.764. The number of carbonyl (C=O) groups is 2. The summed E-state index contributed by atoms with van der Waals surface area (Å²) in [4.78, 5) is 26.9. The number of β-amino-alcohol motifs (C(OH)–C–C–N with tert-alkyl or cyclic N) is 1. The van der Waals surface area contributed by atoms with Gasteiger partial charge in [-0.15, -0.1) is 0 Å². The molecule has 0 bridgehead atoms. The highest BCUT2D eigenvalue weighted by Gasteiger charge is 2.26. The fourth-order valence-corrected chi connectivity index (χ4v) is 2.39. The minimum absolute atomic E-state index is 0.0709. The number of hydrogen-bond donors (Lipinski definition) is 2. The highest BCUT2D eigenvalue weighted by molar-refractivity contribution is 5.94. The molecule has 114 valence electrons. The molecule has 2 N–H and O–H groups in total. The van der Waals surface area contributed by atoms with Gasteiger partial charge in [-0.3, -0.25) is 9.59 Å². The number of carbonyl (C=O) groups excluding carboxylic acids is 2. The van der Waals surface area contributed by atoms with E-state index in [-0.39, 0.29) is 30.7 Å². The van der Waals surface area contributed by atoms with Gasteiger partial charge in [0.25, 0.3) is 5.91 Å². The largest absolute Gasteiger partial charge is 0.508 e. The summed E-state index contributed by atoms with van der Waals surface area (Å²) in [6.45, 7) is 4.38. The highest BCUT2D eigenvalue weighted by atomic mass is 16.3. The topological polar surface area (TPSA) is 81.1 Å². The van der Waals surface area contributed by atoms with Crippen molar-refractivity contribution < 1.29 is 19.8 Å². The molecular formula is C15H20N2O4. The summed E-state index contributed by atoms with van der Waals surface area (Å²) in [5, 5.41) is 19.6. The molecule has 21 heavy (non-hydrogen) atoms. The van der Waals surface area contributed by atoms with Crippen molar-refractivity contribution in [2.24, 2.45) is 0 Å². The van der Waals surface area contributed by atoms with Gasteiger partial charge in [0, 0.05) is 38.7 Å². The third-order valence-corrected chi connectivity index (χ3v) is 3.69. The molecule has 1 aliphatic rings. The molecule has 1 aromatic rings.